The number of fused-ring (bicyclic) bond motifs is 1. The lowest BCUT2D eigenvalue weighted by atomic mass is 10.1. The third-order valence-electron chi connectivity index (χ3n) is 3.82. The van der Waals surface area contributed by atoms with E-state index in [-0.39, 0.29) is 5.91 Å². The van der Waals surface area contributed by atoms with Crippen molar-refractivity contribution in [3.63, 3.8) is 0 Å². The maximum Gasteiger partial charge on any atom is 0.272 e. The number of rotatable bonds is 7. The molecule has 7 heteroatoms. The van der Waals surface area contributed by atoms with E-state index in [9.17, 15) is 4.79 Å². The lowest BCUT2D eigenvalue weighted by Crippen LogP contribution is -2.56. The highest BCUT2D eigenvalue weighted by atomic mass is 32.2. The Bertz CT molecular complexity index is 964. The van der Waals surface area contributed by atoms with Crippen LogP contribution in [0.2, 0.25) is 0 Å². The van der Waals surface area contributed by atoms with Crippen molar-refractivity contribution in [2.45, 2.75) is 31.7 Å². The maximum atomic E-state index is 12.7. The third-order valence-corrected chi connectivity index (χ3v) is 5.17. The molecule has 0 spiro atoms. The van der Waals surface area contributed by atoms with Gasteiger partial charge in [-0.1, -0.05) is 24.7 Å². The average Bonchev–Trinajstić information content (AvgIpc) is 2.64. The van der Waals surface area contributed by atoms with Gasteiger partial charge in [0.2, 0.25) is 5.44 Å². The minimum Gasteiger partial charge on any atom is -0.470 e. The molecule has 0 saturated carbocycles. The zero-order valence-corrected chi connectivity index (χ0v) is 18.0. The van der Waals surface area contributed by atoms with Gasteiger partial charge in [-0.25, -0.2) is 0 Å². The summed E-state index contributed by atoms with van der Waals surface area (Å²) in [6.45, 7) is 9.22. The highest BCUT2D eigenvalue weighted by Crippen LogP contribution is 2.23. The molecule has 1 unspecified atom stereocenters. The highest BCUT2D eigenvalue weighted by molar-refractivity contribution is 7.99. The van der Waals surface area contributed by atoms with Crippen molar-refractivity contribution in [3.8, 4) is 18.1 Å². The Hall–Kier alpha value is -2.56. The zero-order valence-electron chi connectivity index (χ0n) is 16.3. The molecule has 2 rings (SSSR count). The lowest BCUT2D eigenvalue weighted by Gasteiger charge is -2.29. The molecule has 2 N–H and O–H groups in total. The van der Waals surface area contributed by atoms with Gasteiger partial charge in [0.05, 0.1) is 11.1 Å². The highest BCUT2D eigenvalue weighted by Gasteiger charge is 2.30. The molecule has 0 bridgehead atoms. The van der Waals surface area contributed by atoms with E-state index in [1.54, 1.807) is 25.4 Å². The van der Waals surface area contributed by atoms with Gasteiger partial charge in [0.15, 0.2) is 0 Å². The first kappa shape index (κ1) is 21.7. The predicted octanol–water partition coefficient (Wildman–Crippen LogP) is 3.63. The number of allylic oxidation sites excluding steroid dienone is 1. The average molecular weight is 414 g/mol. The number of hydrogen-bond donors (Lipinski definition) is 2. The molecule has 28 heavy (non-hydrogen) atoms. The maximum absolute atomic E-state index is 12.7. The summed E-state index contributed by atoms with van der Waals surface area (Å²) in [5.41, 5.74) is 0.699. The van der Waals surface area contributed by atoms with Crippen LogP contribution in [0.15, 0.2) is 42.7 Å². The number of carbonyl (C=O) groups is 1. The topological polar surface area (TPSA) is 63.2 Å². The number of ether oxygens (including phenoxy) is 1. The van der Waals surface area contributed by atoms with Crippen molar-refractivity contribution in [2.75, 3.05) is 6.26 Å². The molecule has 2 aromatic rings. The first-order valence-corrected chi connectivity index (χ1v) is 10.2. The van der Waals surface area contributed by atoms with E-state index in [2.05, 4.69) is 28.1 Å². The number of nitrogens with zero attached hydrogens (tertiary/aromatic N) is 1. The van der Waals surface area contributed by atoms with Crippen molar-refractivity contribution in [1.82, 2.24) is 15.6 Å². The van der Waals surface area contributed by atoms with Gasteiger partial charge in [-0.2, -0.15) is 0 Å². The Balaban J connectivity index is 2.15. The largest absolute Gasteiger partial charge is 0.470 e. The normalized spacial score (nSPS) is 12.0. The number of thioether (sulfide) groups is 1. The lowest BCUT2D eigenvalue weighted by molar-refractivity contribution is -0.125. The molecule has 0 radical (unpaired) electrons. The summed E-state index contributed by atoms with van der Waals surface area (Å²) < 4.78 is 5.90. The van der Waals surface area contributed by atoms with Crippen LogP contribution in [0.4, 0.5) is 0 Å². The van der Waals surface area contributed by atoms with Gasteiger partial charge in [0, 0.05) is 22.8 Å². The van der Waals surface area contributed by atoms with Gasteiger partial charge in [0.25, 0.3) is 5.91 Å². The molecule has 146 valence electrons. The molecule has 0 aliphatic rings. The molecule has 0 fully saturated rings. The number of thiocarbonyl (C=S) groups is 1. The second kappa shape index (κ2) is 9.09. The van der Waals surface area contributed by atoms with Gasteiger partial charge in [-0.3, -0.25) is 9.78 Å². The second-order valence-electron chi connectivity index (χ2n) is 6.76. The Morgan fingerprint density at radius 1 is 1.43 bits per heavy atom. The van der Waals surface area contributed by atoms with E-state index >= 15 is 0 Å². The van der Waals surface area contributed by atoms with E-state index in [4.69, 9.17) is 23.4 Å². The number of hydrogen-bond acceptors (Lipinski definition) is 5. The number of aromatic nitrogens is 1. The van der Waals surface area contributed by atoms with Crippen LogP contribution in [-0.4, -0.2) is 33.1 Å². The summed E-state index contributed by atoms with van der Waals surface area (Å²) in [7, 11) is 0. The minimum absolute atomic E-state index is 0.279. The number of benzene rings is 1. The van der Waals surface area contributed by atoms with Crippen molar-refractivity contribution in [1.29, 1.82) is 0 Å². The van der Waals surface area contributed by atoms with Gasteiger partial charge in [-0.05, 0) is 51.3 Å². The van der Waals surface area contributed by atoms with Gasteiger partial charge >= 0.3 is 0 Å². The fraction of sp³-hybridized carbons (Fsp3) is 0.286. The summed E-state index contributed by atoms with van der Waals surface area (Å²) >= 11 is 6.65. The third kappa shape index (κ3) is 5.47. The molecule has 1 atom stereocenters. The predicted molar refractivity (Wildman–Crippen MR) is 120 cm³/mol. The summed E-state index contributed by atoms with van der Waals surface area (Å²) in [6, 6.07) is 7.28. The molecule has 1 amide bonds. The van der Waals surface area contributed by atoms with Crippen LogP contribution in [0.25, 0.3) is 10.9 Å². The molecule has 1 heterocycles. The molecule has 0 saturated heterocycles. The van der Waals surface area contributed by atoms with E-state index in [1.807, 2.05) is 32.0 Å². The monoisotopic (exact) mass is 413 g/mol. The summed E-state index contributed by atoms with van der Waals surface area (Å²) in [4.78, 5) is 17.5. The number of pyridine rings is 1. The Kier molecular flexibility index (Phi) is 7.05. The molecule has 0 aliphatic carbocycles. The van der Waals surface area contributed by atoms with Gasteiger partial charge in [-0.15, -0.1) is 18.2 Å². The van der Waals surface area contributed by atoms with Gasteiger partial charge in [0.1, 0.15) is 10.7 Å². The Labute approximate surface area is 175 Å². The molecule has 5 nitrogen and oxygen atoms in total. The number of nitrogens with one attached hydrogen (secondary N) is 2. The summed E-state index contributed by atoms with van der Waals surface area (Å²) in [5.74, 6) is 2.84. The zero-order chi connectivity index (χ0) is 20.9. The van der Waals surface area contributed by atoms with Crippen molar-refractivity contribution in [3.05, 3.63) is 48.3 Å². The standard InChI is InChI=1S/C21H23N3O2S2/c1-7-14-10-15-11-16(8-9-17(15)22-12-14)26-19(28-6)18(25)24-21(4,5)20(27)23-13(2)3/h1,8-12,19H,2H2,3-6H3,(H,23,27)(H,24,25). The van der Waals surface area contributed by atoms with Crippen LogP contribution in [-0.2, 0) is 4.79 Å². The van der Waals surface area contributed by atoms with Crippen molar-refractivity contribution >= 4 is 45.8 Å². The summed E-state index contributed by atoms with van der Waals surface area (Å²) in [6.07, 6.45) is 8.89. The first-order chi connectivity index (χ1) is 13.2. The molecule has 0 aliphatic heterocycles. The van der Waals surface area contributed by atoms with Crippen LogP contribution in [0.5, 0.6) is 5.75 Å². The van der Waals surface area contributed by atoms with Crippen LogP contribution in [0.1, 0.15) is 26.3 Å². The van der Waals surface area contributed by atoms with E-state index in [1.165, 1.54) is 11.8 Å². The first-order valence-electron chi connectivity index (χ1n) is 8.51. The summed E-state index contributed by atoms with van der Waals surface area (Å²) in [5, 5.41) is 6.74. The Morgan fingerprint density at radius 3 is 2.75 bits per heavy atom. The molecule has 1 aromatic heterocycles. The van der Waals surface area contributed by atoms with Crippen LogP contribution in [0, 0.1) is 12.3 Å². The smallest absolute Gasteiger partial charge is 0.272 e. The fourth-order valence-corrected chi connectivity index (χ4v) is 3.07. The van der Waals surface area contributed by atoms with E-state index < -0.39 is 11.0 Å². The van der Waals surface area contributed by atoms with Crippen molar-refractivity contribution < 1.29 is 9.53 Å². The second-order valence-corrected chi connectivity index (χ2v) is 8.06. The number of carbonyl (C=O) groups excluding carboxylic acids is 1. The fourth-order valence-electron chi connectivity index (χ4n) is 2.37. The Morgan fingerprint density at radius 2 is 2.14 bits per heavy atom. The molecular formula is C21H23N3O2S2. The van der Waals surface area contributed by atoms with E-state index in [0.29, 0.717) is 22.0 Å². The molecule has 1 aromatic carbocycles. The van der Waals surface area contributed by atoms with E-state index in [0.717, 1.165) is 10.9 Å². The SMILES string of the molecule is C#Cc1cnc2ccc(OC(SC)C(=O)NC(C)(C)C(=S)NC(=C)C)cc2c1. The van der Waals surface area contributed by atoms with Crippen LogP contribution >= 0.6 is 24.0 Å². The van der Waals surface area contributed by atoms with Crippen LogP contribution in [0.3, 0.4) is 0 Å². The number of amides is 1. The molecular weight excluding hydrogens is 390 g/mol. The van der Waals surface area contributed by atoms with Gasteiger partial charge < -0.3 is 15.4 Å². The minimum atomic E-state index is -0.752. The van der Waals surface area contributed by atoms with Crippen LogP contribution < -0.4 is 15.4 Å². The quantitative estimate of drug-likeness (QED) is 0.411. The van der Waals surface area contributed by atoms with Crippen molar-refractivity contribution in [2.24, 2.45) is 0 Å². The number of terminal acetylenes is 1.